The molecule has 1 aromatic carbocycles. The van der Waals surface area contributed by atoms with Gasteiger partial charge in [0.05, 0.1) is 9.72 Å². The van der Waals surface area contributed by atoms with Gasteiger partial charge < -0.3 is 5.73 Å². The lowest BCUT2D eigenvalue weighted by Gasteiger charge is -2.13. The Kier molecular flexibility index (Phi) is 4.28. The normalized spacial score (nSPS) is 13.5. The van der Waals surface area contributed by atoms with Crippen LogP contribution in [0.15, 0.2) is 22.7 Å². The maximum atomic E-state index is 12.9. The maximum absolute atomic E-state index is 12.9. The van der Waals surface area contributed by atoms with Gasteiger partial charge in [0.25, 0.3) is 0 Å². The van der Waals surface area contributed by atoms with Crippen LogP contribution >= 0.6 is 15.9 Å². The molecule has 0 aromatic heterocycles. The first-order valence-corrected chi connectivity index (χ1v) is 6.87. The molecule has 1 unspecified atom stereocenters. The van der Waals surface area contributed by atoms with Crippen LogP contribution in [0.2, 0.25) is 0 Å². The second kappa shape index (κ2) is 5.11. The molecule has 0 heterocycles. The fourth-order valence-corrected chi connectivity index (χ4v) is 2.24. The van der Waals surface area contributed by atoms with Crippen molar-refractivity contribution in [2.24, 2.45) is 5.73 Å². The summed E-state index contributed by atoms with van der Waals surface area (Å²) in [4.78, 5) is 0. The predicted molar refractivity (Wildman–Crippen MR) is 65.2 cm³/mol. The third-order valence-corrected chi connectivity index (χ3v) is 4.42. The Bertz CT molecular complexity index is 478. The van der Waals surface area contributed by atoms with Crippen molar-refractivity contribution >= 4 is 31.6 Å². The van der Waals surface area contributed by atoms with Crippen molar-refractivity contribution < 1.29 is 12.8 Å². The highest BCUT2D eigenvalue weighted by atomic mass is 79.9. The fraction of sp³-hybridized carbons (Fsp3) is 0.333. The number of anilines is 1. The van der Waals surface area contributed by atoms with Crippen LogP contribution in [0.1, 0.15) is 6.92 Å². The molecule has 0 spiro atoms. The molecule has 16 heavy (non-hydrogen) atoms. The van der Waals surface area contributed by atoms with Gasteiger partial charge in [-0.2, -0.15) is 0 Å². The van der Waals surface area contributed by atoms with Crippen molar-refractivity contribution in [2.45, 2.75) is 12.2 Å². The summed E-state index contributed by atoms with van der Waals surface area (Å²) in [6.07, 6.45) is 0. The van der Waals surface area contributed by atoms with Gasteiger partial charge in [-0.1, -0.05) is 0 Å². The van der Waals surface area contributed by atoms with E-state index in [1.54, 1.807) is 0 Å². The van der Waals surface area contributed by atoms with Crippen molar-refractivity contribution in [2.75, 3.05) is 11.3 Å². The molecule has 0 saturated heterocycles. The Hall–Kier alpha value is -0.660. The minimum Gasteiger partial charge on any atom is -0.329 e. The number of benzene rings is 1. The molecule has 0 saturated carbocycles. The summed E-state index contributed by atoms with van der Waals surface area (Å²) in [6, 6.07) is 3.88. The van der Waals surface area contributed by atoms with Gasteiger partial charge in [-0.15, -0.1) is 0 Å². The molecular formula is C9H12BrFN2O2S. The third kappa shape index (κ3) is 3.16. The average Bonchev–Trinajstić information content (AvgIpc) is 2.22. The first-order valence-electron chi connectivity index (χ1n) is 4.53. The predicted octanol–water partition coefficient (Wildman–Crippen LogP) is 1.68. The smallest absolute Gasteiger partial charge is 0.236 e. The first-order chi connectivity index (χ1) is 7.36. The van der Waals surface area contributed by atoms with Gasteiger partial charge in [-0.25, -0.2) is 12.8 Å². The molecule has 1 rings (SSSR count). The molecule has 0 aliphatic rings. The van der Waals surface area contributed by atoms with E-state index in [0.29, 0.717) is 5.69 Å². The van der Waals surface area contributed by atoms with Crippen molar-refractivity contribution in [1.82, 2.24) is 0 Å². The molecule has 1 atom stereocenters. The van der Waals surface area contributed by atoms with Crippen LogP contribution < -0.4 is 10.5 Å². The highest BCUT2D eigenvalue weighted by molar-refractivity contribution is 9.10. The van der Waals surface area contributed by atoms with Crippen LogP contribution in [0.25, 0.3) is 0 Å². The summed E-state index contributed by atoms with van der Waals surface area (Å²) in [5.74, 6) is -0.449. The molecule has 3 N–H and O–H groups in total. The number of nitrogens with one attached hydrogen (secondary N) is 1. The molecular weight excluding hydrogens is 299 g/mol. The summed E-state index contributed by atoms with van der Waals surface area (Å²) in [5.41, 5.74) is 5.58. The van der Waals surface area contributed by atoms with Crippen LogP contribution in [0.3, 0.4) is 0 Å². The standard InChI is InChI=1S/C9H12BrFN2O2S/c1-6(5-12)16(14,15)13-7-2-3-9(11)8(10)4-7/h2-4,6,13H,5,12H2,1H3. The first kappa shape index (κ1) is 13.4. The second-order valence-electron chi connectivity index (χ2n) is 3.32. The molecule has 0 bridgehead atoms. The molecule has 1 aromatic rings. The Labute approximate surface area is 102 Å². The summed E-state index contributed by atoms with van der Waals surface area (Å²) < 4.78 is 38.7. The number of nitrogens with two attached hydrogens (primary N) is 1. The third-order valence-electron chi connectivity index (χ3n) is 2.04. The summed E-state index contributed by atoms with van der Waals surface area (Å²) in [7, 11) is -3.51. The molecule has 0 radical (unpaired) electrons. The lowest BCUT2D eigenvalue weighted by molar-refractivity contribution is 0.589. The van der Waals surface area contributed by atoms with Gasteiger partial charge in [-0.3, -0.25) is 4.72 Å². The number of hydrogen-bond acceptors (Lipinski definition) is 3. The van der Waals surface area contributed by atoms with Crippen LogP contribution in [0, 0.1) is 5.82 Å². The number of rotatable bonds is 4. The molecule has 0 fully saturated rings. The zero-order chi connectivity index (χ0) is 12.3. The molecule has 90 valence electrons. The van der Waals surface area contributed by atoms with Gasteiger partial charge >= 0.3 is 0 Å². The Balaban J connectivity index is 2.93. The molecule has 0 aliphatic carbocycles. The second-order valence-corrected chi connectivity index (χ2v) is 6.28. The topological polar surface area (TPSA) is 72.2 Å². The summed E-state index contributed by atoms with van der Waals surface area (Å²) >= 11 is 2.97. The van der Waals surface area contributed by atoms with Crippen molar-refractivity contribution in [3.05, 3.63) is 28.5 Å². The number of sulfonamides is 1. The van der Waals surface area contributed by atoms with E-state index in [0.717, 1.165) is 0 Å². The lowest BCUT2D eigenvalue weighted by atomic mass is 10.3. The van der Waals surface area contributed by atoms with Crippen LogP contribution in [-0.4, -0.2) is 20.2 Å². The van der Waals surface area contributed by atoms with Gasteiger partial charge in [0, 0.05) is 12.2 Å². The van der Waals surface area contributed by atoms with E-state index < -0.39 is 21.1 Å². The fourth-order valence-electron chi connectivity index (χ4n) is 0.951. The van der Waals surface area contributed by atoms with Gasteiger partial charge in [-0.05, 0) is 41.1 Å². The van der Waals surface area contributed by atoms with E-state index in [1.165, 1.54) is 25.1 Å². The van der Waals surface area contributed by atoms with Gasteiger partial charge in [0.2, 0.25) is 10.0 Å². The lowest BCUT2D eigenvalue weighted by Crippen LogP contribution is -2.31. The Morgan fingerprint density at radius 1 is 1.56 bits per heavy atom. The van der Waals surface area contributed by atoms with E-state index >= 15 is 0 Å². The largest absolute Gasteiger partial charge is 0.329 e. The van der Waals surface area contributed by atoms with E-state index in [-0.39, 0.29) is 11.0 Å². The minimum atomic E-state index is -3.51. The van der Waals surface area contributed by atoms with Crippen LogP contribution in [-0.2, 0) is 10.0 Å². The Morgan fingerprint density at radius 2 is 2.19 bits per heavy atom. The minimum absolute atomic E-state index is 0.0255. The van der Waals surface area contributed by atoms with Gasteiger partial charge in [0.1, 0.15) is 5.82 Å². The molecule has 7 heteroatoms. The quantitative estimate of drug-likeness (QED) is 0.888. The zero-order valence-electron chi connectivity index (χ0n) is 8.57. The highest BCUT2D eigenvalue weighted by Gasteiger charge is 2.19. The Morgan fingerprint density at radius 3 is 2.69 bits per heavy atom. The van der Waals surface area contributed by atoms with E-state index in [1.807, 2.05) is 0 Å². The number of halogens is 2. The van der Waals surface area contributed by atoms with Crippen molar-refractivity contribution in [3.63, 3.8) is 0 Å². The molecule has 0 aliphatic heterocycles. The molecule has 0 amide bonds. The van der Waals surface area contributed by atoms with E-state index in [9.17, 15) is 12.8 Å². The van der Waals surface area contributed by atoms with Crippen molar-refractivity contribution in [3.8, 4) is 0 Å². The zero-order valence-corrected chi connectivity index (χ0v) is 11.0. The highest BCUT2D eigenvalue weighted by Crippen LogP contribution is 2.21. The number of hydrogen-bond donors (Lipinski definition) is 2. The van der Waals surface area contributed by atoms with Gasteiger partial charge in [0.15, 0.2) is 0 Å². The average molecular weight is 311 g/mol. The van der Waals surface area contributed by atoms with Crippen LogP contribution in [0.5, 0.6) is 0 Å². The van der Waals surface area contributed by atoms with Crippen molar-refractivity contribution in [1.29, 1.82) is 0 Å². The van der Waals surface area contributed by atoms with Crippen LogP contribution in [0.4, 0.5) is 10.1 Å². The SMILES string of the molecule is CC(CN)S(=O)(=O)Nc1ccc(F)c(Br)c1. The monoisotopic (exact) mass is 310 g/mol. The van der Waals surface area contributed by atoms with E-state index in [4.69, 9.17) is 5.73 Å². The summed E-state index contributed by atoms with van der Waals surface area (Å²) in [6.45, 7) is 1.53. The summed E-state index contributed by atoms with van der Waals surface area (Å²) in [5, 5.41) is -0.698. The molecule has 4 nitrogen and oxygen atoms in total. The maximum Gasteiger partial charge on any atom is 0.236 e. The van der Waals surface area contributed by atoms with E-state index in [2.05, 4.69) is 20.7 Å².